The summed E-state index contributed by atoms with van der Waals surface area (Å²) in [5.74, 6) is 0.217. The summed E-state index contributed by atoms with van der Waals surface area (Å²) in [6.45, 7) is 2.09. The number of H-pyrrole nitrogens is 1. The van der Waals surface area contributed by atoms with Crippen LogP contribution in [0.25, 0.3) is 0 Å². The Balaban J connectivity index is 1.93. The molecule has 20 heavy (non-hydrogen) atoms. The van der Waals surface area contributed by atoms with Gasteiger partial charge in [-0.2, -0.15) is 0 Å². The van der Waals surface area contributed by atoms with Crippen molar-refractivity contribution in [2.75, 3.05) is 5.32 Å². The number of hydrogen-bond donors (Lipinski definition) is 2. The SMILES string of the molecule is Cc1ccc(NC(=O)CCn2ccc(=O)[nH]c2=O)nc1. The van der Waals surface area contributed by atoms with E-state index in [4.69, 9.17) is 0 Å². The molecule has 2 aromatic heterocycles. The minimum Gasteiger partial charge on any atom is -0.311 e. The van der Waals surface area contributed by atoms with Crippen molar-refractivity contribution >= 4 is 11.7 Å². The number of amides is 1. The van der Waals surface area contributed by atoms with Crippen LogP contribution in [-0.4, -0.2) is 20.4 Å². The smallest absolute Gasteiger partial charge is 0.311 e. The lowest BCUT2D eigenvalue weighted by Crippen LogP contribution is -2.29. The lowest BCUT2D eigenvalue weighted by Gasteiger charge is -2.06. The molecule has 0 aromatic carbocycles. The summed E-state index contributed by atoms with van der Waals surface area (Å²) in [7, 11) is 0. The van der Waals surface area contributed by atoms with E-state index >= 15 is 0 Å². The highest BCUT2D eigenvalue weighted by Gasteiger charge is 2.04. The first-order valence-corrected chi connectivity index (χ1v) is 6.07. The lowest BCUT2D eigenvalue weighted by molar-refractivity contribution is -0.116. The highest BCUT2D eigenvalue weighted by Crippen LogP contribution is 2.04. The monoisotopic (exact) mass is 274 g/mol. The molecule has 0 aliphatic rings. The van der Waals surface area contributed by atoms with E-state index in [-0.39, 0.29) is 18.9 Å². The number of anilines is 1. The van der Waals surface area contributed by atoms with Crippen LogP contribution in [0, 0.1) is 6.92 Å². The van der Waals surface area contributed by atoms with Gasteiger partial charge in [-0.3, -0.25) is 14.6 Å². The Kier molecular flexibility index (Phi) is 4.09. The average molecular weight is 274 g/mol. The number of hydrogen-bond acceptors (Lipinski definition) is 4. The highest BCUT2D eigenvalue weighted by atomic mass is 16.2. The molecule has 104 valence electrons. The fourth-order valence-electron chi connectivity index (χ4n) is 1.59. The van der Waals surface area contributed by atoms with Crippen LogP contribution in [0.15, 0.2) is 40.2 Å². The molecule has 0 spiro atoms. The van der Waals surface area contributed by atoms with Crippen molar-refractivity contribution in [1.29, 1.82) is 0 Å². The van der Waals surface area contributed by atoms with E-state index in [2.05, 4.69) is 15.3 Å². The summed E-state index contributed by atoms with van der Waals surface area (Å²) >= 11 is 0. The van der Waals surface area contributed by atoms with E-state index in [1.165, 1.54) is 16.8 Å². The number of nitrogens with one attached hydrogen (secondary N) is 2. The molecule has 0 saturated carbocycles. The number of aryl methyl sites for hydroxylation is 2. The van der Waals surface area contributed by atoms with Gasteiger partial charge in [0.25, 0.3) is 5.56 Å². The van der Waals surface area contributed by atoms with Gasteiger partial charge in [-0.15, -0.1) is 0 Å². The quantitative estimate of drug-likeness (QED) is 0.836. The first kappa shape index (κ1) is 13.7. The van der Waals surface area contributed by atoms with Crippen molar-refractivity contribution in [3.63, 3.8) is 0 Å². The third-order valence-corrected chi connectivity index (χ3v) is 2.66. The Morgan fingerprint density at radius 2 is 2.15 bits per heavy atom. The zero-order chi connectivity index (χ0) is 14.5. The number of carbonyl (C=O) groups excluding carboxylic acids is 1. The zero-order valence-electron chi connectivity index (χ0n) is 10.9. The summed E-state index contributed by atoms with van der Waals surface area (Å²) in [5, 5.41) is 2.63. The van der Waals surface area contributed by atoms with Crippen LogP contribution in [0.4, 0.5) is 5.82 Å². The molecule has 0 unspecified atom stereocenters. The van der Waals surface area contributed by atoms with Gasteiger partial charge < -0.3 is 9.88 Å². The fraction of sp³-hybridized carbons (Fsp3) is 0.231. The van der Waals surface area contributed by atoms with Crippen LogP contribution >= 0.6 is 0 Å². The van der Waals surface area contributed by atoms with E-state index in [0.717, 1.165) is 5.56 Å². The molecular formula is C13H14N4O3. The standard InChI is InChI=1S/C13H14N4O3/c1-9-2-3-10(14-8-9)15-11(18)4-6-17-7-5-12(19)16-13(17)20/h2-3,5,7-8H,4,6H2,1H3,(H,14,15,18)(H,16,19,20). The highest BCUT2D eigenvalue weighted by molar-refractivity contribution is 5.89. The maximum atomic E-state index is 11.7. The van der Waals surface area contributed by atoms with E-state index in [1.54, 1.807) is 12.3 Å². The van der Waals surface area contributed by atoms with Crippen LogP contribution in [-0.2, 0) is 11.3 Å². The van der Waals surface area contributed by atoms with E-state index in [9.17, 15) is 14.4 Å². The first-order valence-electron chi connectivity index (χ1n) is 6.07. The molecule has 0 radical (unpaired) electrons. The van der Waals surface area contributed by atoms with Crippen LogP contribution < -0.4 is 16.6 Å². The number of rotatable bonds is 4. The van der Waals surface area contributed by atoms with Gasteiger partial charge in [-0.05, 0) is 18.6 Å². The van der Waals surface area contributed by atoms with Crippen molar-refractivity contribution in [3.8, 4) is 0 Å². The third kappa shape index (κ3) is 3.64. The maximum Gasteiger partial charge on any atom is 0.328 e. The summed E-state index contributed by atoms with van der Waals surface area (Å²) in [5.41, 5.74) is 0.0149. The minimum absolute atomic E-state index is 0.113. The summed E-state index contributed by atoms with van der Waals surface area (Å²) in [4.78, 5) is 40.2. The number of nitrogens with zero attached hydrogens (tertiary/aromatic N) is 2. The second-order valence-electron chi connectivity index (χ2n) is 4.32. The Morgan fingerprint density at radius 3 is 2.80 bits per heavy atom. The number of pyridine rings is 1. The molecule has 0 saturated heterocycles. The van der Waals surface area contributed by atoms with Crippen LogP contribution in [0.2, 0.25) is 0 Å². The van der Waals surface area contributed by atoms with Gasteiger partial charge in [0.15, 0.2) is 0 Å². The predicted molar refractivity (Wildman–Crippen MR) is 73.5 cm³/mol. The Morgan fingerprint density at radius 1 is 1.35 bits per heavy atom. The second kappa shape index (κ2) is 5.96. The Hall–Kier alpha value is -2.70. The summed E-state index contributed by atoms with van der Waals surface area (Å²) in [6.07, 6.45) is 3.13. The van der Waals surface area contributed by atoms with E-state index in [1.807, 2.05) is 13.0 Å². The second-order valence-corrected chi connectivity index (χ2v) is 4.32. The molecule has 0 atom stereocenters. The molecular weight excluding hydrogens is 260 g/mol. The number of carbonyl (C=O) groups is 1. The average Bonchev–Trinajstić information content (AvgIpc) is 2.40. The predicted octanol–water partition coefficient (Wildman–Crippen LogP) is 0.269. The molecule has 1 amide bonds. The fourth-order valence-corrected chi connectivity index (χ4v) is 1.59. The van der Waals surface area contributed by atoms with Gasteiger partial charge >= 0.3 is 5.69 Å². The lowest BCUT2D eigenvalue weighted by atomic mass is 10.3. The molecule has 7 heteroatoms. The summed E-state index contributed by atoms with van der Waals surface area (Å²) in [6, 6.07) is 4.79. The molecule has 7 nitrogen and oxygen atoms in total. The zero-order valence-corrected chi connectivity index (χ0v) is 10.9. The maximum absolute atomic E-state index is 11.7. The van der Waals surface area contributed by atoms with Crippen molar-refractivity contribution in [3.05, 3.63) is 57.0 Å². The molecule has 2 aromatic rings. The Bertz CT molecular complexity index is 715. The van der Waals surface area contributed by atoms with E-state index < -0.39 is 11.2 Å². The molecule has 2 N–H and O–H groups in total. The van der Waals surface area contributed by atoms with Gasteiger partial charge in [-0.25, -0.2) is 9.78 Å². The van der Waals surface area contributed by atoms with Crippen LogP contribution in [0.1, 0.15) is 12.0 Å². The molecule has 0 aliphatic heterocycles. The number of aromatic amines is 1. The van der Waals surface area contributed by atoms with Crippen LogP contribution in [0.3, 0.4) is 0 Å². The van der Waals surface area contributed by atoms with Gasteiger partial charge in [0.1, 0.15) is 5.82 Å². The van der Waals surface area contributed by atoms with Crippen molar-refractivity contribution in [1.82, 2.24) is 14.5 Å². The largest absolute Gasteiger partial charge is 0.328 e. The minimum atomic E-state index is -0.529. The normalized spacial score (nSPS) is 10.2. The molecule has 2 rings (SSSR count). The Labute approximate surface area is 114 Å². The topological polar surface area (TPSA) is 96.9 Å². The van der Waals surface area contributed by atoms with Crippen molar-refractivity contribution < 1.29 is 4.79 Å². The first-order chi connectivity index (χ1) is 9.54. The molecule has 0 fully saturated rings. The number of aromatic nitrogens is 3. The summed E-state index contributed by atoms with van der Waals surface area (Å²) < 4.78 is 1.27. The third-order valence-electron chi connectivity index (χ3n) is 2.66. The van der Waals surface area contributed by atoms with E-state index in [0.29, 0.717) is 5.82 Å². The van der Waals surface area contributed by atoms with Gasteiger partial charge in [0.05, 0.1) is 0 Å². The molecule has 0 aliphatic carbocycles. The van der Waals surface area contributed by atoms with Gasteiger partial charge in [0, 0.05) is 31.4 Å². The van der Waals surface area contributed by atoms with Gasteiger partial charge in [-0.1, -0.05) is 6.07 Å². The van der Waals surface area contributed by atoms with Gasteiger partial charge in [0.2, 0.25) is 5.91 Å². The van der Waals surface area contributed by atoms with Crippen molar-refractivity contribution in [2.24, 2.45) is 0 Å². The van der Waals surface area contributed by atoms with Crippen LogP contribution in [0.5, 0.6) is 0 Å². The molecule has 0 bridgehead atoms. The molecule has 2 heterocycles. The van der Waals surface area contributed by atoms with Crippen molar-refractivity contribution in [2.45, 2.75) is 19.9 Å².